The molecule has 3 aliphatic carbocycles. The van der Waals surface area contributed by atoms with Crippen LogP contribution in [-0.4, -0.2) is 4.57 Å². The highest BCUT2D eigenvalue weighted by Gasteiger charge is 2.44. The number of aryl methyl sites for hydroxylation is 1. The summed E-state index contributed by atoms with van der Waals surface area (Å²) in [6.45, 7) is 30.7. The van der Waals surface area contributed by atoms with Crippen LogP contribution in [0.4, 0.5) is 0 Å². The van der Waals surface area contributed by atoms with Crippen LogP contribution in [0.3, 0.4) is 0 Å². The number of fused-ring (bicyclic) bond motifs is 8. The van der Waals surface area contributed by atoms with Gasteiger partial charge in [-0.2, -0.15) is 0 Å². The van der Waals surface area contributed by atoms with E-state index in [1.165, 1.54) is 116 Å². The fourth-order valence-corrected chi connectivity index (χ4v) is 10.5. The quantitative estimate of drug-likeness (QED) is 0.142. The van der Waals surface area contributed by atoms with Crippen LogP contribution in [0.15, 0.2) is 145 Å². The second kappa shape index (κ2) is 16.8. The molecule has 0 aliphatic heterocycles. The summed E-state index contributed by atoms with van der Waals surface area (Å²) in [5, 5.41) is 2.67. The van der Waals surface area contributed by atoms with Crippen molar-refractivity contribution in [3.05, 3.63) is 190 Å². The van der Waals surface area contributed by atoms with Crippen LogP contribution in [0.1, 0.15) is 157 Å². The standard InChI is InChI=1S/C53H53N.C3H8.C2H6/c1-9-33(3)45(10-2)52(5,6)47-31-44-43-30-42-40-28-27-39(40)41-21-14-15-22-46(41)53(7,8)48(42)32-50(43)54(49(44)29-34(47)4)38-25-23-37(24-26-38)51(36-19-16-20-36)35-17-12-11-13-18-35;1-3-2;1-2/h9-15,17-18,21-26,29-32,39-40H,1-2,16,19-20,27-28H2,3-8H3;3H2,1-2H3;1-2H3/b45-33+;;. The molecule has 9 rings (SSSR count). The van der Waals surface area contributed by atoms with E-state index in [1.54, 1.807) is 16.7 Å². The maximum Gasteiger partial charge on any atom is 0.0544 e. The van der Waals surface area contributed by atoms with Crippen LogP contribution in [0, 0.1) is 6.92 Å². The van der Waals surface area contributed by atoms with Gasteiger partial charge in [-0.15, -0.1) is 0 Å². The van der Waals surface area contributed by atoms with Crippen molar-refractivity contribution < 1.29 is 0 Å². The van der Waals surface area contributed by atoms with Gasteiger partial charge in [-0.05, 0) is 155 Å². The van der Waals surface area contributed by atoms with Crippen LogP contribution in [0.5, 0.6) is 0 Å². The van der Waals surface area contributed by atoms with Gasteiger partial charge in [0.2, 0.25) is 0 Å². The second-order valence-electron chi connectivity index (χ2n) is 18.1. The zero-order valence-corrected chi connectivity index (χ0v) is 37.7. The van der Waals surface area contributed by atoms with Crippen molar-refractivity contribution in [1.29, 1.82) is 0 Å². The Morgan fingerprint density at radius 3 is 1.90 bits per heavy atom. The van der Waals surface area contributed by atoms with Crippen LogP contribution in [-0.2, 0) is 10.8 Å². The van der Waals surface area contributed by atoms with Crippen molar-refractivity contribution in [3.8, 4) is 5.69 Å². The molecule has 2 unspecified atom stereocenters. The van der Waals surface area contributed by atoms with E-state index >= 15 is 0 Å². The van der Waals surface area contributed by atoms with Gasteiger partial charge < -0.3 is 4.57 Å². The Morgan fingerprint density at radius 1 is 0.729 bits per heavy atom. The van der Waals surface area contributed by atoms with Gasteiger partial charge in [0.25, 0.3) is 0 Å². The molecule has 0 amide bonds. The Morgan fingerprint density at radius 2 is 1.31 bits per heavy atom. The molecule has 2 saturated carbocycles. The summed E-state index contributed by atoms with van der Waals surface area (Å²) >= 11 is 0. The molecular weight excluding hydrogens is 711 g/mol. The smallest absolute Gasteiger partial charge is 0.0544 e. The summed E-state index contributed by atoms with van der Waals surface area (Å²) in [6.07, 6.45) is 11.4. The van der Waals surface area contributed by atoms with Gasteiger partial charge >= 0.3 is 0 Å². The highest BCUT2D eigenvalue weighted by molar-refractivity contribution is 6.10. The average molecular weight is 778 g/mol. The van der Waals surface area contributed by atoms with Crippen LogP contribution in [0.25, 0.3) is 33.1 Å². The molecule has 6 aromatic rings. The molecule has 0 bridgehead atoms. The fourth-order valence-electron chi connectivity index (χ4n) is 10.5. The largest absolute Gasteiger partial charge is 0.309 e. The normalized spacial score (nSPS) is 17.9. The van der Waals surface area contributed by atoms with Gasteiger partial charge in [-0.25, -0.2) is 0 Å². The molecule has 59 heavy (non-hydrogen) atoms. The zero-order valence-electron chi connectivity index (χ0n) is 37.7. The molecule has 1 heterocycles. The Hall–Kier alpha value is -5.14. The third-order valence-corrected chi connectivity index (χ3v) is 13.7. The van der Waals surface area contributed by atoms with E-state index in [0.29, 0.717) is 11.8 Å². The number of nitrogens with zero attached hydrogens (tertiary/aromatic N) is 1. The summed E-state index contributed by atoms with van der Waals surface area (Å²) in [7, 11) is 0. The fraction of sp³-hybridized carbons (Fsp3) is 0.345. The Labute approximate surface area is 356 Å². The lowest BCUT2D eigenvalue weighted by Gasteiger charge is -2.37. The van der Waals surface area contributed by atoms with E-state index in [0.717, 1.165) is 0 Å². The molecule has 0 saturated heterocycles. The highest BCUT2D eigenvalue weighted by Crippen LogP contribution is 2.58. The van der Waals surface area contributed by atoms with E-state index in [4.69, 9.17) is 0 Å². The minimum atomic E-state index is -0.244. The number of hydrogen-bond donors (Lipinski definition) is 0. The van der Waals surface area contributed by atoms with Gasteiger partial charge in [0, 0.05) is 27.3 Å². The zero-order chi connectivity index (χ0) is 42.2. The summed E-state index contributed by atoms with van der Waals surface area (Å²) in [4.78, 5) is 0. The van der Waals surface area contributed by atoms with Crippen molar-refractivity contribution in [2.75, 3.05) is 0 Å². The third-order valence-electron chi connectivity index (χ3n) is 13.7. The number of allylic oxidation sites excluding steroid dienone is 5. The minimum Gasteiger partial charge on any atom is -0.309 e. The molecule has 1 heteroatoms. The molecule has 2 atom stereocenters. The third kappa shape index (κ3) is 7.09. The maximum absolute atomic E-state index is 4.26. The first kappa shape index (κ1) is 42.0. The first-order valence-electron chi connectivity index (χ1n) is 22.5. The molecule has 0 N–H and O–H groups in total. The van der Waals surface area contributed by atoms with Crippen LogP contribution in [0.2, 0.25) is 0 Å². The Bertz CT molecular complexity index is 2570. The molecule has 2 fully saturated rings. The molecule has 304 valence electrons. The van der Waals surface area contributed by atoms with E-state index < -0.39 is 0 Å². The number of benzene rings is 5. The molecular formula is C58H67N. The Kier molecular flexibility index (Phi) is 12.0. The number of aromatic nitrogens is 1. The molecule has 3 aliphatic rings. The van der Waals surface area contributed by atoms with Crippen LogP contribution < -0.4 is 0 Å². The van der Waals surface area contributed by atoms with Gasteiger partial charge in [-0.1, -0.05) is 159 Å². The van der Waals surface area contributed by atoms with Gasteiger partial charge in [0.05, 0.1) is 11.0 Å². The van der Waals surface area contributed by atoms with Crippen LogP contribution >= 0.6 is 0 Å². The van der Waals surface area contributed by atoms with Gasteiger partial charge in [-0.3, -0.25) is 0 Å². The predicted octanol–water partition coefficient (Wildman–Crippen LogP) is 16.8. The number of rotatable bonds is 7. The topological polar surface area (TPSA) is 4.93 Å². The molecule has 1 nitrogen and oxygen atoms in total. The average Bonchev–Trinajstić information content (AvgIpc) is 3.49. The summed E-state index contributed by atoms with van der Waals surface area (Å²) in [6, 6.07) is 39.9. The van der Waals surface area contributed by atoms with E-state index in [2.05, 4.69) is 176 Å². The summed E-state index contributed by atoms with van der Waals surface area (Å²) in [5.41, 5.74) is 20.1. The lowest BCUT2D eigenvalue weighted by atomic mass is 9.67. The van der Waals surface area contributed by atoms with E-state index in [-0.39, 0.29) is 10.8 Å². The van der Waals surface area contributed by atoms with Crippen molar-refractivity contribution >= 4 is 27.4 Å². The first-order valence-corrected chi connectivity index (χ1v) is 22.5. The highest BCUT2D eigenvalue weighted by atomic mass is 15.0. The first-order chi connectivity index (χ1) is 28.5. The van der Waals surface area contributed by atoms with Gasteiger partial charge in [0.15, 0.2) is 0 Å². The van der Waals surface area contributed by atoms with Gasteiger partial charge in [0.1, 0.15) is 0 Å². The lowest BCUT2D eigenvalue weighted by molar-refractivity contribution is 0.348. The van der Waals surface area contributed by atoms with E-state index in [9.17, 15) is 0 Å². The monoisotopic (exact) mass is 778 g/mol. The maximum atomic E-state index is 4.26. The van der Waals surface area contributed by atoms with Crippen molar-refractivity contribution in [2.24, 2.45) is 0 Å². The summed E-state index contributed by atoms with van der Waals surface area (Å²) in [5.74, 6) is 1.13. The van der Waals surface area contributed by atoms with Crippen molar-refractivity contribution in [1.82, 2.24) is 4.57 Å². The predicted molar refractivity (Wildman–Crippen MR) is 259 cm³/mol. The molecule has 5 aromatic carbocycles. The van der Waals surface area contributed by atoms with Crippen molar-refractivity contribution in [3.63, 3.8) is 0 Å². The summed E-state index contributed by atoms with van der Waals surface area (Å²) < 4.78 is 2.56. The lowest BCUT2D eigenvalue weighted by Crippen LogP contribution is -2.22. The second-order valence-corrected chi connectivity index (χ2v) is 18.1. The SMILES string of the molecule is C=C/C(C)=C(\C=C)C(C)(C)c1cc2c3cc4c(cc3n(-c3ccc(C(=C5CCC5)c5ccccc5)cc3)c2cc1C)C(C)(C)c1ccccc1C1CCC41.CC.CCC. The molecule has 1 aromatic heterocycles. The molecule has 0 radical (unpaired) electrons. The number of hydrogen-bond acceptors (Lipinski definition) is 0. The Balaban J connectivity index is 0.00000101. The van der Waals surface area contributed by atoms with E-state index in [1.807, 2.05) is 26.0 Å². The van der Waals surface area contributed by atoms with Crippen molar-refractivity contribution in [2.45, 2.75) is 130 Å². The molecule has 0 spiro atoms. The minimum absolute atomic E-state index is 0.114.